The van der Waals surface area contributed by atoms with Crippen LogP contribution in [0.5, 0.6) is 5.75 Å². The number of ether oxygens (including phenoxy) is 1. The minimum absolute atomic E-state index is 0.171. The number of fused-ring (bicyclic) bond motifs is 1. The van der Waals surface area contributed by atoms with Crippen LogP contribution in [0.1, 0.15) is 25.3 Å². The number of aliphatic carboxylic acids is 1. The molecule has 1 heterocycles. The Balaban J connectivity index is 0.000000511. The van der Waals surface area contributed by atoms with Gasteiger partial charge in [0, 0.05) is 6.92 Å². The van der Waals surface area contributed by atoms with Crippen molar-refractivity contribution in [1.29, 1.82) is 0 Å². The van der Waals surface area contributed by atoms with Crippen LogP contribution < -0.4 is 15.8 Å². The molecular formula is C18H26N2O5. The number of carbonyl (C=O) groups is 2. The zero-order valence-electron chi connectivity index (χ0n) is 14.4. The summed E-state index contributed by atoms with van der Waals surface area (Å²) in [6.07, 6.45) is 1.28. The van der Waals surface area contributed by atoms with E-state index in [9.17, 15) is 9.90 Å². The number of hydrogen-bond donors (Lipinski definition) is 4. The third kappa shape index (κ3) is 6.03. The molecule has 1 saturated carbocycles. The smallest absolute Gasteiger partial charge is 0.300 e. The van der Waals surface area contributed by atoms with Crippen LogP contribution in [0.2, 0.25) is 0 Å². The molecule has 0 aromatic heterocycles. The number of rotatable bonds is 4. The van der Waals surface area contributed by atoms with Gasteiger partial charge < -0.3 is 26.0 Å². The number of aliphatic hydroxyl groups is 1. The van der Waals surface area contributed by atoms with Gasteiger partial charge in [0.1, 0.15) is 11.9 Å². The summed E-state index contributed by atoms with van der Waals surface area (Å²) in [5, 5.41) is 21.1. The largest absolute Gasteiger partial charge is 0.488 e. The fraction of sp³-hybridized carbons (Fsp3) is 0.556. The average molecular weight is 350 g/mol. The number of primary amides is 1. The van der Waals surface area contributed by atoms with Crippen LogP contribution in [0, 0.1) is 11.8 Å². The number of nitrogens with one attached hydrogen (secondary N) is 1. The topological polar surface area (TPSA) is 122 Å². The molecule has 0 unspecified atom stereocenters. The Hall–Kier alpha value is -2.12. The summed E-state index contributed by atoms with van der Waals surface area (Å²) >= 11 is 0. The highest BCUT2D eigenvalue weighted by molar-refractivity contribution is 5.76. The van der Waals surface area contributed by atoms with Crippen LogP contribution in [0.25, 0.3) is 0 Å². The lowest BCUT2D eigenvalue weighted by Gasteiger charge is -2.35. The predicted octanol–water partition coefficient (Wildman–Crippen LogP) is 0.543. The number of hydrogen-bond acceptors (Lipinski definition) is 5. The zero-order valence-corrected chi connectivity index (χ0v) is 14.4. The van der Waals surface area contributed by atoms with Crippen LogP contribution in [-0.2, 0) is 16.0 Å². The molecule has 2 fully saturated rings. The Labute approximate surface area is 147 Å². The lowest BCUT2D eigenvalue weighted by molar-refractivity contribution is -0.134. The minimum atomic E-state index is -0.833. The van der Waals surface area contributed by atoms with Crippen molar-refractivity contribution in [3.05, 3.63) is 29.8 Å². The summed E-state index contributed by atoms with van der Waals surface area (Å²) < 4.78 is 5.97. The van der Waals surface area contributed by atoms with Gasteiger partial charge in [0.2, 0.25) is 5.91 Å². The van der Waals surface area contributed by atoms with Gasteiger partial charge in [-0.2, -0.15) is 0 Å². The molecular weight excluding hydrogens is 324 g/mol. The molecule has 1 aromatic rings. The van der Waals surface area contributed by atoms with Gasteiger partial charge in [-0.1, -0.05) is 12.1 Å². The molecule has 1 saturated heterocycles. The summed E-state index contributed by atoms with van der Waals surface area (Å²) in [5.74, 6) is 0.667. The maximum Gasteiger partial charge on any atom is 0.300 e. The van der Waals surface area contributed by atoms with Crippen molar-refractivity contribution in [1.82, 2.24) is 5.32 Å². The third-order valence-corrected chi connectivity index (χ3v) is 4.55. The standard InChI is InChI=1S/C16H22N2O3.C2H4O2/c17-16(20)5-10-2-1-3-13(4-10)21-15-7-12-9-18-8-11(12)6-14(15)19;1-2(3)4/h1-4,11-12,14-15,18-19H,5-9H2,(H2,17,20);1H3,(H,3,4)/t11-,12+,14+,15+;/m0./s1. The van der Waals surface area contributed by atoms with Gasteiger partial charge in [0.25, 0.3) is 5.97 Å². The second-order valence-electron chi connectivity index (χ2n) is 6.68. The average Bonchev–Trinajstić information content (AvgIpc) is 2.94. The molecule has 7 heteroatoms. The quantitative estimate of drug-likeness (QED) is 0.629. The molecule has 3 rings (SSSR count). The van der Waals surface area contributed by atoms with Crippen molar-refractivity contribution in [2.24, 2.45) is 17.6 Å². The lowest BCUT2D eigenvalue weighted by atomic mass is 9.78. The van der Waals surface area contributed by atoms with E-state index in [1.54, 1.807) is 0 Å². The van der Waals surface area contributed by atoms with E-state index in [0.717, 1.165) is 38.4 Å². The molecule has 0 spiro atoms. The maximum absolute atomic E-state index is 11.0. The first kappa shape index (κ1) is 19.2. The third-order valence-electron chi connectivity index (χ3n) is 4.55. The van der Waals surface area contributed by atoms with Crippen LogP contribution >= 0.6 is 0 Å². The fourth-order valence-corrected chi connectivity index (χ4v) is 3.49. The molecule has 0 bridgehead atoms. The molecule has 1 aromatic carbocycles. The number of carboxylic acid groups (broad SMARTS) is 1. The lowest BCUT2D eigenvalue weighted by Crippen LogP contribution is -2.42. The first-order chi connectivity index (χ1) is 11.8. The molecule has 138 valence electrons. The van der Waals surface area contributed by atoms with E-state index in [0.29, 0.717) is 17.6 Å². The molecule has 0 radical (unpaired) electrons. The van der Waals surface area contributed by atoms with Crippen LogP contribution in [0.3, 0.4) is 0 Å². The van der Waals surface area contributed by atoms with Gasteiger partial charge in [-0.3, -0.25) is 9.59 Å². The van der Waals surface area contributed by atoms with Crippen LogP contribution in [-0.4, -0.2) is 47.4 Å². The monoisotopic (exact) mass is 350 g/mol. The van der Waals surface area contributed by atoms with Crippen molar-refractivity contribution >= 4 is 11.9 Å². The molecule has 25 heavy (non-hydrogen) atoms. The summed E-state index contributed by atoms with van der Waals surface area (Å²) in [7, 11) is 0. The van der Waals surface area contributed by atoms with Gasteiger partial charge in [0.05, 0.1) is 12.5 Å². The second kappa shape index (κ2) is 8.82. The number of benzene rings is 1. The minimum Gasteiger partial charge on any atom is -0.488 e. The number of nitrogens with two attached hydrogens (primary N) is 1. The molecule has 1 aliphatic carbocycles. The summed E-state index contributed by atoms with van der Waals surface area (Å²) in [4.78, 5) is 20.0. The Bertz CT molecular complexity index is 603. The normalized spacial score (nSPS) is 27.6. The number of aliphatic hydroxyl groups excluding tert-OH is 1. The van der Waals surface area contributed by atoms with Crippen LogP contribution in [0.15, 0.2) is 24.3 Å². The van der Waals surface area contributed by atoms with E-state index in [1.807, 2.05) is 24.3 Å². The first-order valence-electron chi connectivity index (χ1n) is 8.47. The molecule has 1 amide bonds. The van der Waals surface area contributed by atoms with E-state index >= 15 is 0 Å². The summed E-state index contributed by atoms with van der Waals surface area (Å²) in [6.45, 7) is 3.10. The van der Waals surface area contributed by atoms with Gasteiger partial charge >= 0.3 is 0 Å². The maximum atomic E-state index is 11.0. The molecule has 7 nitrogen and oxygen atoms in total. The SMILES string of the molecule is CC(=O)O.NC(=O)Cc1cccc(O[C@@H]2C[C@@H]3CNC[C@@H]3C[C@H]2O)c1. The van der Waals surface area contributed by atoms with Gasteiger partial charge in [-0.15, -0.1) is 0 Å². The predicted molar refractivity (Wildman–Crippen MR) is 92.2 cm³/mol. The van der Waals surface area contributed by atoms with Crippen molar-refractivity contribution in [2.75, 3.05) is 13.1 Å². The van der Waals surface area contributed by atoms with Crippen molar-refractivity contribution in [2.45, 2.75) is 38.4 Å². The zero-order chi connectivity index (χ0) is 18.4. The van der Waals surface area contributed by atoms with Gasteiger partial charge in [0.15, 0.2) is 0 Å². The molecule has 5 N–H and O–H groups in total. The number of amides is 1. The van der Waals surface area contributed by atoms with Crippen molar-refractivity contribution < 1.29 is 24.5 Å². The Morgan fingerprint density at radius 3 is 2.56 bits per heavy atom. The van der Waals surface area contributed by atoms with E-state index in [2.05, 4.69) is 5.32 Å². The van der Waals surface area contributed by atoms with E-state index in [4.69, 9.17) is 20.4 Å². The van der Waals surface area contributed by atoms with E-state index in [-0.39, 0.29) is 18.4 Å². The summed E-state index contributed by atoms with van der Waals surface area (Å²) in [6, 6.07) is 7.39. The van der Waals surface area contributed by atoms with Gasteiger partial charge in [-0.25, -0.2) is 0 Å². The molecule has 4 atom stereocenters. The fourth-order valence-electron chi connectivity index (χ4n) is 3.49. The Morgan fingerprint density at radius 1 is 1.28 bits per heavy atom. The molecule has 1 aliphatic heterocycles. The number of carboxylic acids is 1. The van der Waals surface area contributed by atoms with E-state index < -0.39 is 12.1 Å². The highest BCUT2D eigenvalue weighted by Crippen LogP contribution is 2.34. The van der Waals surface area contributed by atoms with Crippen molar-refractivity contribution in [3.63, 3.8) is 0 Å². The highest BCUT2D eigenvalue weighted by atomic mass is 16.5. The van der Waals surface area contributed by atoms with Gasteiger partial charge in [-0.05, 0) is 55.5 Å². The van der Waals surface area contributed by atoms with Crippen molar-refractivity contribution in [3.8, 4) is 5.75 Å². The number of carbonyl (C=O) groups excluding carboxylic acids is 1. The molecule has 2 aliphatic rings. The Morgan fingerprint density at radius 2 is 1.92 bits per heavy atom. The van der Waals surface area contributed by atoms with E-state index in [1.165, 1.54) is 0 Å². The second-order valence-corrected chi connectivity index (χ2v) is 6.68. The highest BCUT2D eigenvalue weighted by Gasteiger charge is 2.39. The first-order valence-corrected chi connectivity index (χ1v) is 8.47. The Kier molecular flexibility index (Phi) is 6.78. The van der Waals surface area contributed by atoms with Crippen LogP contribution in [0.4, 0.5) is 0 Å². The summed E-state index contributed by atoms with van der Waals surface area (Å²) in [5.41, 5.74) is 6.05.